The van der Waals surface area contributed by atoms with E-state index in [0.29, 0.717) is 0 Å². The van der Waals surface area contributed by atoms with E-state index in [1.807, 2.05) is 0 Å². The third kappa shape index (κ3) is 4.30. The molecule has 1 rings (SSSR count). The Kier molecular flexibility index (Phi) is 5.38. The van der Waals surface area contributed by atoms with Gasteiger partial charge in [0.25, 0.3) is 0 Å². The van der Waals surface area contributed by atoms with Crippen LogP contribution in [0.25, 0.3) is 0 Å². The maximum Gasteiger partial charge on any atom is 0.00743 e. The number of hydrogen-bond acceptors (Lipinski definition) is 0. The van der Waals surface area contributed by atoms with Gasteiger partial charge in [-0.1, -0.05) is 47.0 Å². The smallest absolute Gasteiger partial charge is 0.00743 e. The Hall–Kier alpha value is 0.217. The molecule has 15 heavy (non-hydrogen) atoms. The Labute approximate surface area is 99.6 Å². The van der Waals surface area contributed by atoms with Crippen molar-refractivity contribution in [3.05, 3.63) is 0 Å². The van der Waals surface area contributed by atoms with Crippen LogP contribution in [0.2, 0.25) is 5.54 Å². The minimum absolute atomic E-state index is 0.907. The van der Waals surface area contributed by atoms with Crippen molar-refractivity contribution in [1.82, 2.24) is 0 Å². The molecule has 1 heteroatoms. The zero-order valence-corrected chi connectivity index (χ0v) is 13.4. The Morgan fingerprint density at radius 2 is 1.33 bits per heavy atom. The second-order valence-electron chi connectivity index (χ2n) is 6.57. The molecule has 0 N–H and O–H groups in total. The summed E-state index contributed by atoms with van der Waals surface area (Å²) in [7, 11) is 1.43. The van der Waals surface area contributed by atoms with E-state index in [4.69, 9.17) is 0 Å². The van der Waals surface area contributed by atoms with Gasteiger partial charge in [0.05, 0.1) is 0 Å². The molecule has 0 nitrogen and oxygen atoms in total. The lowest BCUT2D eigenvalue weighted by Crippen LogP contribution is -2.26. The maximum atomic E-state index is 2.39. The van der Waals surface area contributed by atoms with Gasteiger partial charge in [0, 0.05) is 10.2 Å². The molecular formula is C14H30Si. The first kappa shape index (κ1) is 13.3. The van der Waals surface area contributed by atoms with Crippen LogP contribution in [0.5, 0.6) is 0 Å². The molecule has 2 atom stereocenters. The van der Waals surface area contributed by atoms with Crippen molar-refractivity contribution in [2.45, 2.75) is 65.3 Å². The van der Waals surface area contributed by atoms with Gasteiger partial charge < -0.3 is 0 Å². The van der Waals surface area contributed by atoms with Crippen LogP contribution < -0.4 is 0 Å². The molecule has 0 radical (unpaired) electrons. The molecule has 0 aliphatic heterocycles. The lowest BCUT2D eigenvalue weighted by atomic mass is 9.74. The van der Waals surface area contributed by atoms with Crippen LogP contribution in [0.15, 0.2) is 0 Å². The van der Waals surface area contributed by atoms with Crippen LogP contribution in [0.4, 0.5) is 0 Å². The van der Waals surface area contributed by atoms with Gasteiger partial charge in [-0.3, -0.25) is 0 Å². The number of rotatable bonds is 4. The first-order valence-corrected chi connectivity index (χ1v) is 8.16. The highest BCUT2D eigenvalue weighted by atomic mass is 28.1. The fraction of sp³-hybridized carbons (Fsp3) is 1.00. The molecule has 0 aromatic carbocycles. The van der Waals surface area contributed by atoms with Gasteiger partial charge in [0.15, 0.2) is 0 Å². The summed E-state index contributed by atoms with van der Waals surface area (Å²) in [5.74, 6) is 3.97. The van der Waals surface area contributed by atoms with Crippen molar-refractivity contribution < 1.29 is 0 Å². The summed E-state index contributed by atoms with van der Waals surface area (Å²) >= 11 is 0. The summed E-state index contributed by atoms with van der Waals surface area (Å²) in [5.41, 5.74) is 1.11. The van der Waals surface area contributed by atoms with Crippen molar-refractivity contribution >= 4 is 10.2 Å². The predicted octanol–water partition coefficient (Wildman–Crippen LogP) is 3.65. The fourth-order valence-corrected chi connectivity index (χ4v) is 4.64. The van der Waals surface area contributed by atoms with E-state index in [0.717, 1.165) is 29.2 Å². The Balaban J connectivity index is 2.47. The van der Waals surface area contributed by atoms with Crippen molar-refractivity contribution in [2.75, 3.05) is 0 Å². The van der Waals surface area contributed by atoms with Crippen molar-refractivity contribution in [2.24, 2.45) is 23.7 Å². The highest BCUT2D eigenvalue weighted by Gasteiger charge is 2.30. The van der Waals surface area contributed by atoms with Crippen LogP contribution in [0.3, 0.4) is 0 Å². The monoisotopic (exact) mass is 226 g/mol. The minimum atomic E-state index is 0.907. The summed E-state index contributed by atoms with van der Waals surface area (Å²) in [6.45, 7) is 9.56. The quantitative estimate of drug-likeness (QED) is 0.642. The van der Waals surface area contributed by atoms with E-state index in [1.54, 1.807) is 0 Å². The summed E-state index contributed by atoms with van der Waals surface area (Å²) in [4.78, 5) is 0. The highest BCUT2D eigenvalue weighted by molar-refractivity contribution is 6.12. The van der Waals surface area contributed by atoms with Gasteiger partial charge in [0.2, 0.25) is 0 Å². The first-order valence-electron chi connectivity index (χ1n) is 7.00. The van der Waals surface area contributed by atoms with Gasteiger partial charge in [-0.05, 0) is 42.1 Å². The standard InChI is InChI=1S/C14H30Si/c1-10(2)8-12-6-5-7-13(14(12)15)9-11(3)4/h10-14H,5-9H2,1-4,15H3. The Morgan fingerprint density at radius 1 is 0.933 bits per heavy atom. The van der Waals surface area contributed by atoms with E-state index in [-0.39, 0.29) is 0 Å². The van der Waals surface area contributed by atoms with Crippen molar-refractivity contribution in [3.8, 4) is 0 Å². The molecule has 1 fully saturated rings. The van der Waals surface area contributed by atoms with Gasteiger partial charge in [-0.2, -0.15) is 0 Å². The molecule has 2 unspecified atom stereocenters. The second-order valence-corrected chi connectivity index (χ2v) is 7.90. The molecule has 0 aromatic heterocycles. The van der Waals surface area contributed by atoms with Crippen LogP contribution in [-0.4, -0.2) is 10.2 Å². The van der Waals surface area contributed by atoms with Gasteiger partial charge >= 0.3 is 0 Å². The zero-order valence-electron chi connectivity index (χ0n) is 11.4. The maximum absolute atomic E-state index is 2.39. The van der Waals surface area contributed by atoms with E-state index in [1.165, 1.54) is 42.3 Å². The lowest BCUT2D eigenvalue weighted by molar-refractivity contribution is 0.214. The fourth-order valence-electron chi connectivity index (χ4n) is 3.43. The molecule has 0 spiro atoms. The molecule has 1 aliphatic carbocycles. The minimum Gasteiger partial charge on any atom is -0.0628 e. The molecule has 1 saturated carbocycles. The first-order chi connectivity index (χ1) is 7.00. The van der Waals surface area contributed by atoms with E-state index < -0.39 is 0 Å². The Bertz CT molecular complexity index is 156. The third-order valence-corrected chi connectivity index (χ3v) is 6.07. The summed E-state index contributed by atoms with van der Waals surface area (Å²) in [6.07, 6.45) is 7.54. The summed E-state index contributed by atoms with van der Waals surface area (Å²) in [6, 6.07) is 0. The van der Waals surface area contributed by atoms with Crippen molar-refractivity contribution in [1.29, 1.82) is 0 Å². The van der Waals surface area contributed by atoms with E-state index in [9.17, 15) is 0 Å². The second kappa shape index (κ2) is 6.08. The highest BCUT2D eigenvalue weighted by Crippen LogP contribution is 2.43. The molecule has 1 aliphatic rings. The summed E-state index contributed by atoms with van der Waals surface area (Å²) in [5, 5.41) is 0. The largest absolute Gasteiger partial charge is 0.0628 e. The summed E-state index contributed by atoms with van der Waals surface area (Å²) < 4.78 is 0. The molecule has 0 aromatic rings. The normalized spacial score (nSPS) is 32.8. The van der Waals surface area contributed by atoms with Crippen LogP contribution in [0.1, 0.15) is 59.8 Å². The van der Waals surface area contributed by atoms with Gasteiger partial charge in [0.1, 0.15) is 0 Å². The molecule has 0 saturated heterocycles. The number of hydrogen-bond donors (Lipinski definition) is 0. The molecular weight excluding hydrogens is 196 g/mol. The average Bonchev–Trinajstić information content (AvgIpc) is 2.10. The van der Waals surface area contributed by atoms with E-state index >= 15 is 0 Å². The predicted molar refractivity (Wildman–Crippen MR) is 73.4 cm³/mol. The van der Waals surface area contributed by atoms with Crippen LogP contribution in [-0.2, 0) is 0 Å². The van der Waals surface area contributed by atoms with Crippen LogP contribution in [0, 0.1) is 23.7 Å². The molecule has 0 bridgehead atoms. The molecule has 0 amide bonds. The lowest BCUT2D eigenvalue weighted by Gasteiger charge is -2.38. The van der Waals surface area contributed by atoms with Crippen molar-refractivity contribution in [3.63, 3.8) is 0 Å². The Morgan fingerprint density at radius 3 is 1.67 bits per heavy atom. The van der Waals surface area contributed by atoms with Gasteiger partial charge in [-0.25, -0.2) is 0 Å². The topological polar surface area (TPSA) is 0 Å². The van der Waals surface area contributed by atoms with E-state index in [2.05, 4.69) is 27.7 Å². The average molecular weight is 226 g/mol. The zero-order chi connectivity index (χ0) is 11.4. The third-order valence-electron chi connectivity index (χ3n) is 4.19. The molecule has 0 heterocycles. The SMILES string of the molecule is CC(C)CC1CCCC(CC(C)C)C1[SiH3]. The van der Waals surface area contributed by atoms with Crippen LogP contribution >= 0.6 is 0 Å². The molecule has 90 valence electrons. The van der Waals surface area contributed by atoms with Gasteiger partial charge in [-0.15, -0.1) is 0 Å².